The van der Waals surface area contributed by atoms with Crippen molar-refractivity contribution in [1.29, 1.82) is 0 Å². The summed E-state index contributed by atoms with van der Waals surface area (Å²) in [7, 11) is 1.67. The van der Waals surface area contributed by atoms with E-state index in [9.17, 15) is 4.79 Å². The molecule has 1 aromatic rings. The standard InChI is InChI=1S/C17H28N2O3/c1-13(2)16-7-6-14(11-18-8-10-21-3)17(20)19(16)12-15-5-4-9-22-15/h6-7,13,15,18H,4-5,8-12H2,1-3H3. The maximum absolute atomic E-state index is 12.8. The fraction of sp³-hybridized carbons (Fsp3) is 0.706. The van der Waals surface area contributed by atoms with Gasteiger partial charge in [0.05, 0.1) is 19.3 Å². The maximum atomic E-state index is 12.8. The largest absolute Gasteiger partial charge is 0.383 e. The van der Waals surface area contributed by atoms with Crippen molar-refractivity contribution in [2.45, 2.75) is 51.8 Å². The van der Waals surface area contributed by atoms with E-state index in [1.54, 1.807) is 7.11 Å². The second-order valence-corrected chi connectivity index (χ2v) is 6.16. The molecule has 1 aliphatic heterocycles. The van der Waals surface area contributed by atoms with Gasteiger partial charge in [-0.25, -0.2) is 0 Å². The molecule has 0 bridgehead atoms. The number of hydrogen-bond acceptors (Lipinski definition) is 4. The fourth-order valence-corrected chi connectivity index (χ4v) is 2.85. The molecule has 1 saturated heterocycles. The van der Waals surface area contributed by atoms with Crippen LogP contribution in [-0.4, -0.2) is 37.5 Å². The molecule has 2 heterocycles. The van der Waals surface area contributed by atoms with Crippen LogP contribution in [0, 0.1) is 0 Å². The number of ether oxygens (including phenoxy) is 2. The highest BCUT2D eigenvalue weighted by atomic mass is 16.5. The normalized spacial score (nSPS) is 18.3. The molecule has 5 heteroatoms. The Bertz CT molecular complexity index is 519. The second-order valence-electron chi connectivity index (χ2n) is 6.16. The van der Waals surface area contributed by atoms with E-state index >= 15 is 0 Å². The van der Waals surface area contributed by atoms with Gasteiger partial charge in [0.25, 0.3) is 5.56 Å². The Morgan fingerprint density at radius 3 is 2.91 bits per heavy atom. The average Bonchev–Trinajstić information content (AvgIpc) is 2.99. The van der Waals surface area contributed by atoms with Gasteiger partial charge in [0.2, 0.25) is 0 Å². The van der Waals surface area contributed by atoms with E-state index in [0.717, 1.165) is 37.3 Å². The van der Waals surface area contributed by atoms with Gasteiger partial charge in [-0.05, 0) is 24.8 Å². The molecule has 1 aliphatic rings. The molecule has 0 radical (unpaired) electrons. The molecule has 1 N–H and O–H groups in total. The Morgan fingerprint density at radius 1 is 1.45 bits per heavy atom. The van der Waals surface area contributed by atoms with E-state index in [4.69, 9.17) is 9.47 Å². The monoisotopic (exact) mass is 308 g/mol. The minimum absolute atomic E-state index is 0.103. The van der Waals surface area contributed by atoms with Gasteiger partial charge in [0, 0.05) is 38.1 Å². The van der Waals surface area contributed by atoms with E-state index in [0.29, 0.717) is 25.6 Å². The summed E-state index contributed by atoms with van der Waals surface area (Å²) >= 11 is 0. The molecular formula is C17H28N2O3. The predicted molar refractivity (Wildman–Crippen MR) is 87.3 cm³/mol. The van der Waals surface area contributed by atoms with Crippen LogP contribution in [0.4, 0.5) is 0 Å². The smallest absolute Gasteiger partial charge is 0.255 e. The van der Waals surface area contributed by atoms with E-state index in [1.807, 2.05) is 10.6 Å². The van der Waals surface area contributed by atoms with Crippen molar-refractivity contribution in [3.8, 4) is 0 Å². The van der Waals surface area contributed by atoms with Crippen molar-refractivity contribution in [2.75, 3.05) is 26.9 Å². The number of methoxy groups -OCH3 is 1. The van der Waals surface area contributed by atoms with Crippen LogP contribution in [0.1, 0.15) is 43.9 Å². The molecule has 0 saturated carbocycles. The molecule has 1 fully saturated rings. The third-order valence-electron chi connectivity index (χ3n) is 4.09. The van der Waals surface area contributed by atoms with Crippen LogP contribution in [0.5, 0.6) is 0 Å². The third kappa shape index (κ3) is 4.41. The highest BCUT2D eigenvalue weighted by molar-refractivity contribution is 5.18. The van der Waals surface area contributed by atoms with Crippen molar-refractivity contribution in [1.82, 2.24) is 9.88 Å². The van der Waals surface area contributed by atoms with E-state index < -0.39 is 0 Å². The van der Waals surface area contributed by atoms with Crippen molar-refractivity contribution in [3.05, 3.63) is 33.7 Å². The lowest BCUT2D eigenvalue weighted by Gasteiger charge is -2.20. The molecule has 0 aromatic carbocycles. The Hall–Kier alpha value is -1.17. The summed E-state index contributed by atoms with van der Waals surface area (Å²) in [4.78, 5) is 12.8. The molecule has 0 aliphatic carbocycles. The molecule has 22 heavy (non-hydrogen) atoms. The summed E-state index contributed by atoms with van der Waals surface area (Å²) in [6, 6.07) is 4.03. The lowest BCUT2D eigenvalue weighted by Crippen LogP contribution is -2.33. The summed E-state index contributed by atoms with van der Waals surface area (Å²) < 4.78 is 12.6. The van der Waals surface area contributed by atoms with E-state index in [1.165, 1.54) is 0 Å². The quantitative estimate of drug-likeness (QED) is 0.745. The predicted octanol–water partition coefficient (Wildman–Crippen LogP) is 1.89. The molecule has 124 valence electrons. The van der Waals surface area contributed by atoms with Crippen LogP contribution in [0.15, 0.2) is 16.9 Å². The van der Waals surface area contributed by atoms with Gasteiger partial charge >= 0.3 is 0 Å². The van der Waals surface area contributed by atoms with Gasteiger partial charge < -0.3 is 19.4 Å². The zero-order valence-corrected chi connectivity index (χ0v) is 13.9. The van der Waals surface area contributed by atoms with Crippen LogP contribution in [0.2, 0.25) is 0 Å². The van der Waals surface area contributed by atoms with E-state index in [2.05, 4.69) is 25.2 Å². The van der Waals surface area contributed by atoms with Gasteiger partial charge in [-0.15, -0.1) is 0 Å². The Kier molecular flexibility index (Phi) is 6.61. The SMILES string of the molecule is COCCNCc1ccc(C(C)C)n(CC2CCCO2)c1=O. The van der Waals surface area contributed by atoms with Crippen molar-refractivity contribution in [2.24, 2.45) is 0 Å². The Labute approximate surface area is 132 Å². The number of aromatic nitrogens is 1. The maximum Gasteiger partial charge on any atom is 0.255 e. The fourth-order valence-electron chi connectivity index (χ4n) is 2.85. The first-order valence-corrected chi connectivity index (χ1v) is 8.17. The summed E-state index contributed by atoms with van der Waals surface area (Å²) in [5, 5.41) is 3.24. The molecule has 0 spiro atoms. The van der Waals surface area contributed by atoms with Crippen LogP contribution >= 0.6 is 0 Å². The first-order valence-electron chi connectivity index (χ1n) is 8.17. The van der Waals surface area contributed by atoms with Gasteiger partial charge in [-0.3, -0.25) is 4.79 Å². The van der Waals surface area contributed by atoms with Gasteiger partial charge in [0.15, 0.2) is 0 Å². The Balaban J connectivity index is 2.16. The van der Waals surface area contributed by atoms with Crippen molar-refractivity contribution < 1.29 is 9.47 Å². The number of rotatable bonds is 8. The second kappa shape index (κ2) is 8.46. The molecular weight excluding hydrogens is 280 g/mol. The molecule has 5 nitrogen and oxygen atoms in total. The number of hydrogen-bond donors (Lipinski definition) is 1. The zero-order valence-electron chi connectivity index (χ0n) is 13.9. The lowest BCUT2D eigenvalue weighted by molar-refractivity contribution is 0.0951. The van der Waals surface area contributed by atoms with Gasteiger partial charge in [-0.1, -0.05) is 19.9 Å². The summed E-state index contributed by atoms with van der Waals surface area (Å²) in [6.07, 6.45) is 2.31. The molecule has 1 atom stereocenters. The lowest BCUT2D eigenvalue weighted by atomic mass is 10.1. The zero-order chi connectivity index (χ0) is 15.9. The van der Waals surface area contributed by atoms with Crippen LogP contribution in [-0.2, 0) is 22.6 Å². The minimum atomic E-state index is 0.103. The highest BCUT2D eigenvalue weighted by Crippen LogP contribution is 2.18. The topological polar surface area (TPSA) is 52.5 Å². The van der Waals surface area contributed by atoms with Crippen LogP contribution < -0.4 is 10.9 Å². The summed E-state index contributed by atoms with van der Waals surface area (Å²) in [5.74, 6) is 0.324. The number of nitrogens with zero attached hydrogens (tertiary/aromatic N) is 1. The number of pyridine rings is 1. The summed E-state index contributed by atoms with van der Waals surface area (Å²) in [6.45, 7) is 7.69. The first kappa shape index (κ1) is 17.2. The van der Waals surface area contributed by atoms with Crippen LogP contribution in [0.3, 0.4) is 0 Å². The van der Waals surface area contributed by atoms with E-state index in [-0.39, 0.29) is 11.7 Å². The minimum Gasteiger partial charge on any atom is -0.383 e. The summed E-state index contributed by atoms with van der Waals surface area (Å²) in [5.41, 5.74) is 1.99. The third-order valence-corrected chi connectivity index (χ3v) is 4.09. The molecule has 1 aromatic heterocycles. The van der Waals surface area contributed by atoms with Gasteiger partial charge in [0.1, 0.15) is 0 Å². The molecule has 1 unspecified atom stereocenters. The highest BCUT2D eigenvalue weighted by Gasteiger charge is 2.19. The Morgan fingerprint density at radius 2 is 2.27 bits per heavy atom. The first-order chi connectivity index (χ1) is 10.6. The number of nitrogens with one attached hydrogen (secondary N) is 1. The van der Waals surface area contributed by atoms with Crippen LogP contribution in [0.25, 0.3) is 0 Å². The molecule has 2 rings (SSSR count). The van der Waals surface area contributed by atoms with Crippen molar-refractivity contribution in [3.63, 3.8) is 0 Å². The van der Waals surface area contributed by atoms with Gasteiger partial charge in [-0.2, -0.15) is 0 Å². The average molecular weight is 308 g/mol. The molecule has 0 amide bonds. The van der Waals surface area contributed by atoms with Crippen molar-refractivity contribution >= 4 is 0 Å².